The average Bonchev–Trinajstić information content (AvgIpc) is 2.84. The van der Waals surface area contributed by atoms with Gasteiger partial charge in [0.15, 0.2) is 0 Å². The highest BCUT2D eigenvalue weighted by atomic mass is 35.5. The van der Waals surface area contributed by atoms with Crippen molar-refractivity contribution in [2.45, 2.75) is 31.1 Å². The van der Waals surface area contributed by atoms with Crippen LogP contribution in [0.3, 0.4) is 0 Å². The molecule has 18 heavy (non-hydrogen) atoms. The Bertz CT molecular complexity index is 502. The Morgan fingerprint density at radius 3 is 2.72 bits per heavy atom. The number of aromatic nitrogens is 2. The predicted octanol–water partition coefficient (Wildman–Crippen LogP) is 4.34. The van der Waals surface area contributed by atoms with Crippen molar-refractivity contribution >= 4 is 11.6 Å². The van der Waals surface area contributed by atoms with Gasteiger partial charge in [0, 0.05) is 11.8 Å². The molecule has 1 fully saturated rings. The number of hydrogen-bond donors (Lipinski definition) is 0. The Morgan fingerprint density at radius 2 is 2.06 bits per heavy atom. The molecule has 1 aliphatic rings. The topological polar surface area (TPSA) is 17.8 Å². The van der Waals surface area contributed by atoms with E-state index in [-0.39, 0.29) is 5.38 Å². The second-order valence-electron chi connectivity index (χ2n) is 5.05. The van der Waals surface area contributed by atoms with E-state index in [1.54, 1.807) is 0 Å². The third-order valence-corrected chi connectivity index (χ3v) is 4.18. The van der Waals surface area contributed by atoms with Crippen molar-refractivity contribution in [2.75, 3.05) is 0 Å². The molecule has 1 unspecified atom stereocenters. The molecule has 1 saturated carbocycles. The van der Waals surface area contributed by atoms with Crippen LogP contribution in [-0.4, -0.2) is 9.78 Å². The maximum Gasteiger partial charge on any atom is 0.0645 e. The Hall–Kier alpha value is -1.28. The average molecular weight is 261 g/mol. The standard InChI is InChI=1S/C15H17ClN2/c16-15(9-12-5-4-6-12)13-10-17-18(11-13)14-7-2-1-3-8-14/h1-3,7-8,10-12,15H,4-6,9H2. The van der Waals surface area contributed by atoms with Crippen LogP contribution in [0.5, 0.6) is 0 Å². The lowest BCUT2D eigenvalue weighted by atomic mass is 9.81. The van der Waals surface area contributed by atoms with E-state index in [1.807, 2.05) is 47.4 Å². The molecular weight excluding hydrogens is 244 g/mol. The van der Waals surface area contributed by atoms with Crippen molar-refractivity contribution in [1.29, 1.82) is 0 Å². The first kappa shape index (κ1) is 11.8. The van der Waals surface area contributed by atoms with Gasteiger partial charge in [0.2, 0.25) is 0 Å². The second kappa shape index (κ2) is 5.15. The molecule has 0 radical (unpaired) electrons. The summed E-state index contributed by atoms with van der Waals surface area (Å²) in [6.07, 6.45) is 9.08. The summed E-state index contributed by atoms with van der Waals surface area (Å²) in [5, 5.41) is 4.50. The van der Waals surface area contributed by atoms with Gasteiger partial charge in [0.1, 0.15) is 0 Å². The molecule has 94 valence electrons. The van der Waals surface area contributed by atoms with Crippen molar-refractivity contribution in [3.8, 4) is 5.69 Å². The van der Waals surface area contributed by atoms with Crippen molar-refractivity contribution < 1.29 is 0 Å². The van der Waals surface area contributed by atoms with Gasteiger partial charge in [-0.1, -0.05) is 37.5 Å². The Labute approximate surface area is 113 Å². The van der Waals surface area contributed by atoms with Crippen molar-refractivity contribution in [3.63, 3.8) is 0 Å². The Morgan fingerprint density at radius 1 is 1.28 bits per heavy atom. The van der Waals surface area contributed by atoms with Crippen LogP contribution >= 0.6 is 11.6 Å². The zero-order chi connectivity index (χ0) is 12.4. The molecule has 1 aromatic heterocycles. The van der Waals surface area contributed by atoms with E-state index in [2.05, 4.69) is 5.10 Å². The van der Waals surface area contributed by atoms with Gasteiger partial charge in [0.05, 0.1) is 17.3 Å². The molecule has 1 aliphatic carbocycles. The highest BCUT2D eigenvalue weighted by Crippen LogP contribution is 2.37. The number of rotatable bonds is 4. The van der Waals surface area contributed by atoms with Gasteiger partial charge in [-0.2, -0.15) is 5.10 Å². The van der Waals surface area contributed by atoms with Gasteiger partial charge in [-0.05, 0) is 24.5 Å². The minimum atomic E-state index is 0.104. The molecule has 0 aliphatic heterocycles. The maximum absolute atomic E-state index is 6.46. The third-order valence-electron chi connectivity index (χ3n) is 3.75. The zero-order valence-corrected chi connectivity index (χ0v) is 11.1. The van der Waals surface area contributed by atoms with E-state index in [4.69, 9.17) is 11.6 Å². The summed E-state index contributed by atoms with van der Waals surface area (Å²) in [4.78, 5) is 0. The van der Waals surface area contributed by atoms with E-state index < -0.39 is 0 Å². The molecular formula is C15H17ClN2. The van der Waals surface area contributed by atoms with Crippen LogP contribution < -0.4 is 0 Å². The van der Waals surface area contributed by atoms with Crippen LogP contribution in [0, 0.1) is 5.92 Å². The number of benzene rings is 1. The fraction of sp³-hybridized carbons (Fsp3) is 0.400. The van der Waals surface area contributed by atoms with Crippen LogP contribution in [-0.2, 0) is 0 Å². The molecule has 1 heterocycles. The number of alkyl halides is 1. The quantitative estimate of drug-likeness (QED) is 0.748. The minimum absolute atomic E-state index is 0.104. The van der Waals surface area contributed by atoms with Gasteiger partial charge in [-0.15, -0.1) is 11.6 Å². The van der Waals surface area contributed by atoms with Crippen LogP contribution in [0.4, 0.5) is 0 Å². The zero-order valence-electron chi connectivity index (χ0n) is 10.3. The normalized spacial score (nSPS) is 17.4. The summed E-state index contributed by atoms with van der Waals surface area (Å²) in [5.74, 6) is 0.826. The lowest BCUT2D eigenvalue weighted by molar-refractivity contribution is 0.293. The molecule has 0 spiro atoms. The number of para-hydroxylation sites is 1. The van der Waals surface area contributed by atoms with E-state index in [1.165, 1.54) is 19.3 Å². The van der Waals surface area contributed by atoms with Gasteiger partial charge in [0.25, 0.3) is 0 Å². The first-order valence-electron chi connectivity index (χ1n) is 6.57. The maximum atomic E-state index is 6.46. The predicted molar refractivity (Wildman–Crippen MR) is 74.1 cm³/mol. The van der Waals surface area contributed by atoms with Crippen molar-refractivity contribution in [3.05, 3.63) is 48.3 Å². The number of hydrogen-bond acceptors (Lipinski definition) is 1. The van der Waals surface area contributed by atoms with Crippen LogP contribution in [0.2, 0.25) is 0 Å². The summed E-state index contributed by atoms with van der Waals surface area (Å²) in [6.45, 7) is 0. The molecule has 2 nitrogen and oxygen atoms in total. The molecule has 3 heteroatoms. The fourth-order valence-electron chi connectivity index (χ4n) is 2.38. The van der Waals surface area contributed by atoms with Gasteiger partial charge < -0.3 is 0 Å². The van der Waals surface area contributed by atoms with E-state index in [9.17, 15) is 0 Å². The third kappa shape index (κ3) is 2.44. The highest BCUT2D eigenvalue weighted by molar-refractivity contribution is 6.20. The monoisotopic (exact) mass is 260 g/mol. The van der Waals surface area contributed by atoms with Crippen molar-refractivity contribution in [2.24, 2.45) is 5.92 Å². The summed E-state index contributed by atoms with van der Waals surface area (Å²) in [6, 6.07) is 10.1. The van der Waals surface area contributed by atoms with E-state index >= 15 is 0 Å². The number of nitrogens with zero attached hydrogens (tertiary/aromatic N) is 2. The van der Waals surface area contributed by atoms with Crippen LogP contribution in [0.15, 0.2) is 42.7 Å². The first-order valence-corrected chi connectivity index (χ1v) is 7.00. The minimum Gasteiger partial charge on any atom is -0.241 e. The van der Waals surface area contributed by atoms with Gasteiger partial charge >= 0.3 is 0 Å². The Balaban J connectivity index is 1.72. The first-order chi connectivity index (χ1) is 8.83. The molecule has 3 rings (SSSR count). The largest absolute Gasteiger partial charge is 0.241 e. The summed E-state index contributed by atoms with van der Waals surface area (Å²) < 4.78 is 1.89. The fourth-order valence-corrected chi connectivity index (χ4v) is 2.74. The summed E-state index contributed by atoms with van der Waals surface area (Å²) in [5.41, 5.74) is 2.21. The van der Waals surface area contributed by atoms with Gasteiger partial charge in [-0.3, -0.25) is 0 Å². The van der Waals surface area contributed by atoms with Crippen LogP contribution in [0.25, 0.3) is 5.69 Å². The summed E-state index contributed by atoms with van der Waals surface area (Å²) >= 11 is 6.46. The van der Waals surface area contributed by atoms with Crippen LogP contribution in [0.1, 0.15) is 36.6 Å². The lowest BCUT2D eigenvalue weighted by Crippen LogP contribution is -2.12. The smallest absolute Gasteiger partial charge is 0.0645 e. The van der Waals surface area contributed by atoms with Crippen molar-refractivity contribution in [1.82, 2.24) is 9.78 Å². The molecule has 1 aromatic carbocycles. The lowest BCUT2D eigenvalue weighted by Gasteiger charge is -2.26. The molecule has 0 N–H and O–H groups in total. The number of halogens is 1. The second-order valence-corrected chi connectivity index (χ2v) is 5.58. The molecule has 1 atom stereocenters. The molecule has 0 amide bonds. The van der Waals surface area contributed by atoms with Gasteiger partial charge in [-0.25, -0.2) is 4.68 Å². The van der Waals surface area contributed by atoms with E-state index in [0.717, 1.165) is 23.6 Å². The molecule has 0 bridgehead atoms. The summed E-state index contributed by atoms with van der Waals surface area (Å²) in [7, 11) is 0. The van der Waals surface area contributed by atoms with E-state index in [0.29, 0.717) is 0 Å². The molecule has 0 saturated heterocycles. The highest BCUT2D eigenvalue weighted by Gasteiger charge is 2.22. The SMILES string of the molecule is ClC(CC1CCC1)c1cnn(-c2ccccc2)c1. The molecule has 2 aromatic rings. The Kier molecular flexibility index (Phi) is 3.37.